The van der Waals surface area contributed by atoms with Crippen molar-refractivity contribution < 1.29 is 9.53 Å². The molecular formula is C20H23ClN2O2. The Labute approximate surface area is 153 Å². The molecule has 0 unspecified atom stereocenters. The first-order valence-corrected chi connectivity index (χ1v) is 9.02. The molecule has 1 aliphatic rings. The molecule has 132 valence electrons. The summed E-state index contributed by atoms with van der Waals surface area (Å²) < 4.78 is 5.18. The number of rotatable bonds is 4. The van der Waals surface area contributed by atoms with Crippen molar-refractivity contribution in [3.8, 4) is 5.88 Å². The molecule has 1 aliphatic carbocycles. The largest absolute Gasteiger partial charge is 0.481 e. The summed E-state index contributed by atoms with van der Waals surface area (Å²) in [6.07, 6.45) is 6.46. The number of amides is 1. The van der Waals surface area contributed by atoms with Crippen molar-refractivity contribution in [3.63, 3.8) is 0 Å². The van der Waals surface area contributed by atoms with Crippen molar-refractivity contribution in [2.45, 2.75) is 44.4 Å². The van der Waals surface area contributed by atoms with E-state index in [9.17, 15) is 4.79 Å². The summed E-state index contributed by atoms with van der Waals surface area (Å²) in [6, 6.07) is 9.57. The molecule has 1 fully saturated rings. The van der Waals surface area contributed by atoms with E-state index in [1.165, 1.54) is 0 Å². The van der Waals surface area contributed by atoms with Crippen LogP contribution in [0, 0.1) is 6.92 Å². The van der Waals surface area contributed by atoms with Crippen molar-refractivity contribution >= 4 is 23.2 Å². The first kappa shape index (κ1) is 17.7. The standard InChI is InChI=1S/C20H23ClN2O2/c1-14-12-15(13-22-18(14)25-2)23-19(24)20(10-6-3-7-11-20)16-8-4-5-9-17(16)21/h4-5,8-9,12-13H,3,6-7,10-11H2,1-2H3,(H,23,24). The summed E-state index contributed by atoms with van der Waals surface area (Å²) in [4.78, 5) is 17.5. The Bertz CT molecular complexity index is 770. The number of nitrogens with one attached hydrogen (secondary N) is 1. The highest BCUT2D eigenvalue weighted by atomic mass is 35.5. The van der Waals surface area contributed by atoms with Crippen LogP contribution in [0.2, 0.25) is 5.02 Å². The number of aromatic nitrogens is 1. The Kier molecular flexibility index (Phi) is 5.28. The number of hydrogen-bond donors (Lipinski definition) is 1. The molecule has 1 saturated carbocycles. The Morgan fingerprint density at radius 1 is 1.24 bits per heavy atom. The molecule has 0 aliphatic heterocycles. The first-order chi connectivity index (χ1) is 12.1. The number of pyridine rings is 1. The van der Waals surface area contributed by atoms with Crippen LogP contribution < -0.4 is 10.1 Å². The van der Waals surface area contributed by atoms with E-state index in [-0.39, 0.29) is 5.91 Å². The van der Waals surface area contributed by atoms with Gasteiger partial charge in [-0.2, -0.15) is 0 Å². The van der Waals surface area contributed by atoms with Gasteiger partial charge < -0.3 is 10.1 Å². The van der Waals surface area contributed by atoms with Crippen LogP contribution in [-0.2, 0) is 10.2 Å². The predicted octanol–water partition coefficient (Wildman–Crippen LogP) is 4.89. The molecule has 2 aromatic rings. The third kappa shape index (κ3) is 3.49. The van der Waals surface area contributed by atoms with Crippen molar-refractivity contribution in [2.75, 3.05) is 12.4 Å². The Morgan fingerprint density at radius 3 is 2.60 bits per heavy atom. The number of anilines is 1. The number of methoxy groups -OCH3 is 1. The maximum atomic E-state index is 13.3. The molecular weight excluding hydrogens is 336 g/mol. The molecule has 0 bridgehead atoms. The van der Waals surface area contributed by atoms with Gasteiger partial charge in [0.2, 0.25) is 11.8 Å². The van der Waals surface area contributed by atoms with E-state index >= 15 is 0 Å². The number of ether oxygens (including phenoxy) is 1. The maximum absolute atomic E-state index is 13.3. The number of benzene rings is 1. The Hall–Kier alpha value is -2.07. The fourth-order valence-corrected chi connectivity index (χ4v) is 4.03. The van der Waals surface area contributed by atoms with Crippen molar-refractivity contribution in [2.24, 2.45) is 0 Å². The summed E-state index contributed by atoms with van der Waals surface area (Å²) >= 11 is 6.45. The molecule has 0 atom stereocenters. The van der Waals surface area contributed by atoms with Crippen molar-refractivity contribution in [1.29, 1.82) is 0 Å². The molecule has 1 aromatic heterocycles. The van der Waals surface area contributed by atoms with Crippen LogP contribution in [0.15, 0.2) is 36.5 Å². The van der Waals surface area contributed by atoms with E-state index in [2.05, 4.69) is 10.3 Å². The molecule has 1 amide bonds. The number of halogens is 1. The highest BCUT2D eigenvalue weighted by Crippen LogP contribution is 2.43. The quantitative estimate of drug-likeness (QED) is 0.846. The molecule has 0 saturated heterocycles. The zero-order valence-electron chi connectivity index (χ0n) is 14.6. The van der Waals surface area contributed by atoms with Crippen molar-refractivity contribution in [1.82, 2.24) is 4.98 Å². The smallest absolute Gasteiger partial charge is 0.235 e. The highest BCUT2D eigenvalue weighted by Gasteiger charge is 2.42. The average molecular weight is 359 g/mol. The minimum absolute atomic E-state index is 0.00772. The van der Waals surface area contributed by atoms with E-state index < -0.39 is 5.41 Å². The number of carbonyl (C=O) groups is 1. The van der Waals surface area contributed by atoms with E-state index in [0.29, 0.717) is 16.6 Å². The molecule has 0 radical (unpaired) electrons. The second-order valence-electron chi connectivity index (χ2n) is 6.63. The normalized spacial score (nSPS) is 16.3. The fraction of sp³-hybridized carbons (Fsp3) is 0.400. The Balaban J connectivity index is 1.93. The predicted molar refractivity (Wildman–Crippen MR) is 100 cm³/mol. The van der Waals surface area contributed by atoms with Crippen LogP contribution >= 0.6 is 11.6 Å². The van der Waals surface area contributed by atoms with Gasteiger partial charge in [-0.3, -0.25) is 4.79 Å². The van der Waals surface area contributed by atoms with Gasteiger partial charge in [0.1, 0.15) is 0 Å². The zero-order valence-corrected chi connectivity index (χ0v) is 15.4. The van der Waals surface area contributed by atoms with Crippen LogP contribution in [0.4, 0.5) is 5.69 Å². The van der Waals surface area contributed by atoms with E-state index in [1.54, 1.807) is 13.3 Å². The van der Waals surface area contributed by atoms with Gasteiger partial charge in [-0.05, 0) is 37.5 Å². The van der Waals surface area contributed by atoms with Crippen molar-refractivity contribution in [3.05, 3.63) is 52.7 Å². The van der Waals surface area contributed by atoms with Crippen LogP contribution in [0.3, 0.4) is 0 Å². The molecule has 25 heavy (non-hydrogen) atoms. The van der Waals surface area contributed by atoms with Gasteiger partial charge in [0.15, 0.2) is 0 Å². The second-order valence-corrected chi connectivity index (χ2v) is 7.03. The van der Waals surface area contributed by atoms with Gasteiger partial charge in [-0.15, -0.1) is 0 Å². The molecule has 1 heterocycles. The fourth-order valence-electron chi connectivity index (χ4n) is 3.72. The van der Waals surface area contributed by atoms with Crippen LogP contribution in [0.5, 0.6) is 5.88 Å². The zero-order chi connectivity index (χ0) is 17.9. The lowest BCUT2D eigenvalue weighted by atomic mass is 9.68. The molecule has 0 spiro atoms. The molecule has 5 heteroatoms. The SMILES string of the molecule is COc1ncc(NC(=O)C2(c3ccccc3Cl)CCCCC2)cc1C. The summed E-state index contributed by atoms with van der Waals surface area (Å²) in [5, 5.41) is 3.71. The number of hydrogen-bond acceptors (Lipinski definition) is 3. The Morgan fingerprint density at radius 2 is 1.96 bits per heavy atom. The van der Waals surface area contributed by atoms with Crippen LogP contribution in [-0.4, -0.2) is 18.0 Å². The van der Waals surface area contributed by atoms with Gasteiger partial charge in [0.05, 0.1) is 24.4 Å². The summed E-state index contributed by atoms with van der Waals surface area (Å²) in [5.41, 5.74) is 1.91. The first-order valence-electron chi connectivity index (χ1n) is 8.64. The van der Waals surface area contributed by atoms with Gasteiger partial charge in [0.25, 0.3) is 0 Å². The topological polar surface area (TPSA) is 51.2 Å². The van der Waals surface area contributed by atoms with Gasteiger partial charge in [-0.25, -0.2) is 4.98 Å². The minimum atomic E-state index is -0.579. The monoisotopic (exact) mass is 358 g/mol. The van der Waals surface area contributed by atoms with E-state index in [0.717, 1.165) is 43.2 Å². The number of nitrogens with zero attached hydrogens (tertiary/aromatic N) is 1. The minimum Gasteiger partial charge on any atom is -0.481 e. The van der Waals surface area contributed by atoms with Crippen LogP contribution in [0.25, 0.3) is 0 Å². The number of carbonyl (C=O) groups excluding carboxylic acids is 1. The lowest BCUT2D eigenvalue weighted by molar-refractivity contribution is -0.122. The average Bonchev–Trinajstić information content (AvgIpc) is 2.63. The highest BCUT2D eigenvalue weighted by molar-refractivity contribution is 6.31. The lowest BCUT2D eigenvalue weighted by Gasteiger charge is -2.37. The summed E-state index contributed by atoms with van der Waals surface area (Å²) in [7, 11) is 1.59. The lowest BCUT2D eigenvalue weighted by Crippen LogP contribution is -2.42. The summed E-state index contributed by atoms with van der Waals surface area (Å²) in [6.45, 7) is 1.91. The molecule has 1 aromatic carbocycles. The second kappa shape index (κ2) is 7.44. The molecule has 3 rings (SSSR count). The van der Waals surface area contributed by atoms with E-state index in [1.807, 2.05) is 37.3 Å². The number of aryl methyl sites for hydroxylation is 1. The molecule has 4 nitrogen and oxygen atoms in total. The maximum Gasteiger partial charge on any atom is 0.235 e. The summed E-state index contributed by atoms with van der Waals surface area (Å²) in [5.74, 6) is 0.558. The van der Waals surface area contributed by atoms with Gasteiger partial charge in [0, 0.05) is 10.6 Å². The van der Waals surface area contributed by atoms with Gasteiger partial charge in [-0.1, -0.05) is 49.1 Å². The third-order valence-corrected chi connectivity index (χ3v) is 5.34. The molecule has 1 N–H and O–H groups in total. The van der Waals surface area contributed by atoms with E-state index in [4.69, 9.17) is 16.3 Å². The van der Waals surface area contributed by atoms with Gasteiger partial charge >= 0.3 is 0 Å². The third-order valence-electron chi connectivity index (χ3n) is 5.01. The van der Waals surface area contributed by atoms with Crippen LogP contribution in [0.1, 0.15) is 43.2 Å².